The fraction of sp³-hybridized carbons (Fsp3) is 0.350. The summed E-state index contributed by atoms with van der Waals surface area (Å²) < 4.78 is 20.1. The second kappa shape index (κ2) is 6.33. The van der Waals surface area contributed by atoms with Gasteiger partial charge in [-0.15, -0.1) is 0 Å². The minimum atomic E-state index is -0.284. The molecule has 1 aliphatic carbocycles. The molecule has 0 saturated heterocycles. The molecular weight excluding hydrogens is 347 g/mol. The molecule has 0 unspecified atom stereocenters. The molecule has 1 aromatic carbocycles. The van der Waals surface area contributed by atoms with Crippen LogP contribution in [0.15, 0.2) is 41.1 Å². The number of aromatic nitrogens is 3. The number of hydrogen-bond acceptors (Lipinski definition) is 4. The fourth-order valence-corrected chi connectivity index (χ4v) is 3.68. The smallest absolute Gasteiger partial charge is 0.273 e. The van der Waals surface area contributed by atoms with Crippen LogP contribution >= 0.6 is 0 Å². The Morgan fingerprint density at radius 3 is 2.74 bits per heavy atom. The van der Waals surface area contributed by atoms with Crippen molar-refractivity contribution in [3.63, 3.8) is 0 Å². The van der Waals surface area contributed by atoms with Gasteiger partial charge in [-0.2, -0.15) is 5.10 Å². The lowest BCUT2D eigenvalue weighted by atomic mass is 9.74. The van der Waals surface area contributed by atoms with E-state index in [1.54, 1.807) is 31.3 Å². The average molecular weight is 368 g/mol. The summed E-state index contributed by atoms with van der Waals surface area (Å²) in [6.45, 7) is 6.08. The lowest BCUT2D eigenvalue weighted by molar-refractivity contribution is 0.0910. The molecule has 1 N–H and O–H groups in total. The standard InChI is InChI=1S/C20H21FN4O2/c1-12-8-16(24-27-12)19(26)23-17-9-20(2,3)10-18-15(17)11-22-25(18)14-6-4-13(21)5-7-14/h4-8,11,17H,9-10H2,1-3H3,(H,23,26)/t17-/m0/s1. The molecule has 2 heterocycles. The lowest BCUT2D eigenvalue weighted by Gasteiger charge is -2.35. The Bertz CT molecular complexity index is 988. The minimum absolute atomic E-state index is 0.0253. The van der Waals surface area contributed by atoms with Gasteiger partial charge in [-0.25, -0.2) is 9.07 Å². The van der Waals surface area contributed by atoms with Crippen LogP contribution in [0, 0.1) is 18.2 Å². The summed E-state index contributed by atoms with van der Waals surface area (Å²) >= 11 is 0. The Morgan fingerprint density at radius 2 is 2.07 bits per heavy atom. The summed E-state index contributed by atoms with van der Waals surface area (Å²) in [5.74, 6) is 0.0390. The van der Waals surface area contributed by atoms with Crippen LogP contribution in [0.25, 0.3) is 5.69 Å². The zero-order valence-electron chi connectivity index (χ0n) is 15.5. The first-order chi connectivity index (χ1) is 12.8. The van der Waals surface area contributed by atoms with Crippen molar-refractivity contribution in [1.29, 1.82) is 0 Å². The third-order valence-electron chi connectivity index (χ3n) is 4.92. The second-order valence-corrected chi connectivity index (χ2v) is 7.83. The highest BCUT2D eigenvalue weighted by atomic mass is 19.1. The van der Waals surface area contributed by atoms with Crippen molar-refractivity contribution in [2.45, 2.75) is 39.7 Å². The maximum Gasteiger partial charge on any atom is 0.273 e. The SMILES string of the molecule is Cc1cc(C(=O)N[C@H]2CC(C)(C)Cc3c2cnn3-c2ccc(F)cc2)no1. The number of nitrogens with one attached hydrogen (secondary N) is 1. The molecular formula is C20H21FN4O2. The van der Waals surface area contributed by atoms with Gasteiger partial charge in [-0.3, -0.25) is 4.79 Å². The van der Waals surface area contributed by atoms with Crippen LogP contribution in [0.5, 0.6) is 0 Å². The second-order valence-electron chi connectivity index (χ2n) is 7.83. The molecule has 0 aliphatic heterocycles. The van der Waals surface area contributed by atoms with Gasteiger partial charge < -0.3 is 9.84 Å². The Hall–Kier alpha value is -2.96. The molecule has 140 valence electrons. The number of fused-ring (bicyclic) bond motifs is 1. The van der Waals surface area contributed by atoms with Gasteiger partial charge in [0.2, 0.25) is 0 Å². The van der Waals surface area contributed by atoms with E-state index in [-0.39, 0.29) is 28.9 Å². The molecule has 1 aliphatic rings. The fourth-order valence-electron chi connectivity index (χ4n) is 3.68. The molecule has 0 spiro atoms. The van der Waals surface area contributed by atoms with Crippen LogP contribution in [0.1, 0.15) is 53.8 Å². The van der Waals surface area contributed by atoms with Gasteiger partial charge in [0.1, 0.15) is 11.6 Å². The van der Waals surface area contributed by atoms with Crippen molar-refractivity contribution in [3.05, 3.63) is 65.1 Å². The molecule has 4 rings (SSSR count). The lowest BCUT2D eigenvalue weighted by Crippen LogP contribution is -2.36. The van der Waals surface area contributed by atoms with Gasteiger partial charge >= 0.3 is 0 Å². The summed E-state index contributed by atoms with van der Waals surface area (Å²) in [5, 5.41) is 11.4. The van der Waals surface area contributed by atoms with Gasteiger partial charge in [-0.05, 0) is 49.4 Å². The molecule has 1 amide bonds. The van der Waals surface area contributed by atoms with Crippen LogP contribution in [-0.4, -0.2) is 20.8 Å². The molecule has 1 atom stereocenters. The van der Waals surface area contributed by atoms with E-state index < -0.39 is 0 Å². The normalized spacial score (nSPS) is 18.1. The van der Waals surface area contributed by atoms with E-state index in [4.69, 9.17) is 4.52 Å². The number of halogens is 1. The van der Waals surface area contributed by atoms with Crippen molar-refractivity contribution in [1.82, 2.24) is 20.3 Å². The highest BCUT2D eigenvalue weighted by molar-refractivity contribution is 5.92. The molecule has 6 nitrogen and oxygen atoms in total. The Kier molecular flexibility index (Phi) is 4.09. The number of carbonyl (C=O) groups is 1. The number of aryl methyl sites for hydroxylation is 1. The quantitative estimate of drug-likeness (QED) is 0.764. The van der Waals surface area contributed by atoms with E-state index in [1.807, 2.05) is 4.68 Å². The topological polar surface area (TPSA) is 73.0 Å². The highest BCUT2D eigenvalue weighted by Crippen LogP contribution is 2.41. The third kappa shape index (κ3) is 3.37. The molecule has 0 bridgehead atoms. The first kappa shape index (κ1) is 17.5. The van der Waals surface area contributed by atoms with Crippen LogP contribution < -0.4 is 5.32 Å². The van der Waals surface area contributed by atoms with Crippen LogP contribution in [0.3, 0.4) is 0 Å². The molecule has 0 radical (unpaired) electrons. The van der Waals surface area contributed by atoms with E-state index in [0.717, 1.165) is 29.8 Å². The summed E-state index contributed by atoms with van der Waals surface area (Å²) in [6, 6.07) is 7.69. The number of rotatable bonds is 3. The molecule has 27 heavy (non-hydrogen) atoms. The monoisotopic (exact) mass is 368 g/mol. The number of nitrogens with zero attached hydrogens (tertiary/aromatic N) is 3. The number of amides is 1. The van der Waals surface area contributed by atoms with Crippen molar-refractivity contribution < 1.29 is 13.7 Å². The van der Waals surface area contributed by atoms with Gasteiger partial charge in [0.25, 0.3) is 5.91 Å². The van der Waals surface area contributed by atoms with E-state index in [1.165, 1.54) is 12.1 Å². The van der Waals surface area contributed by atoms with Crippen LogP contribution in [-0.2, 0) is 6.42 Å². The summed E-state index contributed by atoms with van der Waals surface area (Å²) in [4.78, 5) is 12.6. The maximum atomic E-state index is 13.3. The van der Waals surface area contributed by atoms with Gasteiger partial charge in [-0.1, -0.05) is 19.0 Å². The van der Waals surface area contributed by atoms with Crippen molar-refractivity contribution in [3.8, 4) is 5.69 Å². The minimum Gasteiger partial charge on any atom is -0.361 e. The summed E-state index contributed by atoms with van der Waals surface area (Å²) in [5.41, 5.74) is 3.05. The van der Waals surface area contributed by atoms with Crippen molar-refractivity contribution in [2.24, 2.45) is 5.41 Å². The summed E-state index contributed by atoms with van der Waals surface area (Å²) in [7, 11) is 0. The number of benzene rings is 1. The van der Waals surface area contributed by atoms with E-state index in [2.05, 4.69) is 29.4 Å². The summed E-state index contributed by atoms with van der Waals surface area (Å²) in [6.07, 6.45) is 3.39. The first-order valence-electron chi connectivity index (χ1n) is 8.89. The third-order valence-corrected chi connectivity index (χ3v) is 4.92. The zero-order chi connectivity index (χ0) is 19.2. The van der Waals surface area contributed by atoms with Crippen molar-refractivity contribution in [2.75, 3.05) is 0 Å². The number of carbonyl (C=O) groups excluding carboxylic acids is 1. The largest absolute Gasteiger partial charge is 0.361 e. The maximum absolute atomic E-state index is 13.3. The Morgan fingerprint density at radius 1 is 1.33 bits per heavy atom. The first-order valence-corrected chi connectivity index (χ1v) is 8.89. The van der Waals surface area contributed by atoms with E-state index in [9.17, 15) is 9.18 Å². The zero-order valence-corrected chi connectivity index (χ0v) is 15.5. The molecule has 0 saturated carbocycles. The molecule has 2 aromatic heterocycles. The van der Waals surface area contributed by atoms with Gasteiger partial charge in [0.15, 0.2) is 5.69 Å². The van der Waals surface area contributed by atoms with E-state index in [0.29, 0.717) is 5.76 Å². The molecule has 7 heteroatoms. The number of hydrogen-bond donors (Lipinski definition) is 1. The van der Waals surface area contributed by atoms with Gasteiger partial charge in [0, 0.05) is 11.6 Å². The highest BCUT2D eigenvalue weighted by Gasteiger charge is 2.36. The van der Waals surface area contributed by atoms with Crippen LogP contribution in [0.4, 0.5) is 4.39 Å². The van der Waals surface area contributed by atoms with Crippen molar-refractivity contribution >= 4 is 5.91 Å². The molecule has 3 aromatic rings. The van der Waals surface area contributed by atoms with E-state index >= 15 is 0 Å². The predicted molar refractivity (Wildman–Crippen MR) is 97.1 cm³/mol. The Labute approximate surface area is 156 Å². The van der Waals surface area contributed by atoms with Crippen LogP contribution in [0.2, 0.25) is 0 Å². The Balaban J connectivity index is 1.68. The molecule has 0 fully saturated rings. The average Bonchev–Trinajstić information content (AvgIpc) is 3.21. The predicted octanol–water partition coefficient (Wildman–Crippen LogP) is 3.75. The van der Waals surface area contributed by atoms with Gasteiger partial charge in [0.05, 0.1) is 23.6 Å².